The number of carbonyl (C=O) groups excluding carboxylic acids is 3. The van der Waals surface area contributed by atoms with Crippen LogP contribution in [0.1, 0.15) is 53.0 Å². The van der Waals surface area contributed by atoms with Gasteiger partial charge in [-0.25, -0.2) is 4.98 Å². The Morgan fingerprint density at radius 3 is 2.24 bits per heavy atom. The van der Waals surface area contributed by atoms with Crippen LogP contribution in [0.15, 0.2) is 41.8 Å². The fourth-order valence-electron chi connectivity index (χ4n) is 3.64. The van der Waals surface area contributed by atoms with E-state index in [1.807, 2.05) is 32.9 Å². The van der Waals surface area contributed by atoms with Crippen molar-refractivity contribution in [3.63, 3.8) is 0 Å². The third kappa shape index (κ3) is 6.29. The van der Waals surface area contributed by atoms with Gasteiger partial charge in [-0.2, -0.15) is 0 Å². The molecular weight excluding hydrogens is 452 g/mol. The number of rotatable bonds is 9. The summed E-state index contributed by atoms with van der Waals surface area (Å²) in [5.41, 5.74) is 5.11. The van der Waals surface area contributed by atoms with E-state index >= 15 is 0 Å². The molecule has 0 atom stereocenters. The number of anilines is 2. The lowest BCUT2D eigenvalue weighted by Gasteiger charge is -2.23. The molecule has 3 rings (SSSR count). The van der Waals surface area contributed by atoms with E-state index in [1.165, 1.54) is 25.2 Å². The third-order valence-corrected chi connectivity index (χ3v) is 6.00. The number of aromatic nitrogens is 1. The molecule has 0 fully saturated rings. The van der Waals surface area contributed by atoms with Gasteiger partial charge in [0.25, 0.3) is 0 Å². The first-order valence-electron chi connectivity index (χ1n) is 10.9. The van der Waals surface area contributed by atoms with Crippen LogP contribution >= 0.6 is 11.3 Å². The molecule has 7 nitrogen and oxygen atoms in total. The quantitative estimate of drug-likeness (QED) is 0.298. The third-order valence-electron chi connectivity index (χ3n) is 5.12. The van der Waals surface area contributed by atoms with Gasteiger partial charge < -0.3 is 9.47 Å². The van der Waals surface area contributed by atoms with E-state index in [-0.39, 0.29) is 31.3 Å². The maximum Gasteiger partial charge on any atom is 0.309 e. The van der Waals surface area contributed by atoms with Gasteiger partial charge in [0.2, 0.25) is 5.91 Å². The van der Waals surface area contributed by atoms with Crippen molar-refractivity contribution in [2.45, 2.75) is 47.6 Å². The van der Waals surface area contributed by atoms with E-state index in [2.05, 4.69) is 4.98 Å². The Hall–Kier alpha value is -3.52. The van der Waals surface area contributed by atoms with Gasteiger partial charge in [0.1, 0.15) is 12.4 Å². The van der Waals surface area contributed by atoms with E-state index < -0.39 is 5.97 Å². The molecule has 0 unspecified atom stereocenters. The Morgan fingerprint density at radius 1 is 1.00 bits per heavy atom. The van der Waals surface area contributed by atoms with Gasteiger partial charge >= 0.3 is 5.97 Å². The minimum Gasteiger partial charge on any atom is -0.493 e. The van der Waals surface area contributed by atoms with Crippen LogP contribution in [0.5, 0.6) is 5.75 Å². The lowest BCUT2D eigenvalue weighted by atomic mass is 10.0. The molecule has 8 heteroatoms. The molecule has 0 saturated carbocycles. The van der Waals surface area contributed by atoms with Crippen molar-refractivity contribution in [3.05, 3.63) is 69.7 Å². The van der Waals surface area contributed by atoms with Gasteiger partial charge in [0.05, 0.1) is 24.4 Å². The van der Waals surface area contributed by atoms with Crippen LogP contribution in [0.4, 0.5) is 10.8 Å². The average molecular weight is 481 g/mol. The average Bonchev–Trinajstić information content (AvgIpc) is 3.23. The van der Waals surface area contributed by atoms with Crippen molar-refractivity contribution in [2.75, 3.05) is 11.5 Å². The molecule has 178 valence electrons. The molecule has 0 saturated heterocycles. The number of nitrogens with zero attached hydrogens (tertiary/aromatic N) is 2. The highest BCUT2D eigenvalue weighted by Gasteiger charge is 2.22. The van der Waals surface area contributed by atoms with E-state index in [4.69, 9.17) is 9.47 Å². The molecule has 0 aliphatic carbocycles. The number of ether oxygens (including phenoxy) is 2. The van der Waals surface area contributed by atoms with Gasteiger partial charge in [-0.15, -0.1) is 11.3 Å². The van der Waals surface area contributed by atoms with Gasteiger partial charge in [0, 0.05) is 17.9 Å². The van der Waals surface area contributed by atoms with Crippen LogP contribution < -0.4 is 9.64 Å². The van der Waals surface area contributed by atoms with Crippen molar-refractivity contribution < 1.29 is 23.9 Å². The topological polar surface area (TPSA) is 85.8 Å². The fourth-order valence-corrected chi connectivity index (χ4v) is 4.50. The van der Waals surface area contributed by atoms with Crippen molar-refractivity contribution >= 4 is 39.8 Å². The zero-order chi connectivity index (χ0) is 24.8. The summed E-state index contributed by atoms with van der Waals surface area (Å²) in [7, 11) is 0. The summed E-state index contributed by atoms with van der Waals surface area (Å²) in [5, 5.41) is 2.32. The molecule has 34 heavy (non-hydrogen) atoms. The molecule has 0 aliphatic rings. The summed E-state index contributed by atoms with van der Waals surface area (Å²) in [6, 6.07) is 10.8. The first-order valence-corrected chi connectivity index (χ1v) is 11.8. The van der Waals surface area contributed by atoms with Crippen LogP contribution in [-0.2, 0) is 20.9 Å². The Labute approximate surface area is 203 Å². The Balaban J connectivity index is 1.56. The number of esters is 1. The van der Waals surface area contributed by atoms with Gasteiger partial charge in [-0.3, -0.25) is 19.3 Å². The highest BCUT2D eigenvalue weighted by molar-refractivity contribution is 7.14. The second-order valence-corrected chi connectivity index (χ2v) is 8.90. The largest absolute Gasteiger partial charge is 0.493 e. The number of benzene rings is 2. The number of hydrogen-bond acceptors (Lipinski definition) is 7. The molecule has 1 aromatic heterocycles. The number of hydrogen-bond donors (Lipinski definition) is 0. The minimum absolute atomic E-state index is 0.0141. The smallest absolute Gasteiger partial charge is 0.309 e. The molecular formula is C26H28N2O5S. The van der Waals surface area contributed by atoms with Gasteiger partial charge in [-0.05, 0) is 63.1 Å². The monoisotopic (exact) mass is 480 g/mol. The normalized spacial score (nSPS) is 10.6. The second-order valence-electron chi connectivity index (χ2n) is 8.06. The van der Waals surface area contributed by atoms with Crippen LogP contribution in [0.2, 0.25) is 0 Å². The molecule has 3 aromatic rings. The van der Waals surface area contributed by atoms with E-state index in [9.17, 15) is 14.4 Å². The Kier molecular flexibility index (Phi) is 8.17. The summed E-state index contributed by atoms with van der Waals surface area (Å²) in [6.07, 6.45) is 0.0762. The molecule has 0 radical (unpaired) electrons. The molecule has 2 aromatic carbocycles. The minimum atomic E-state index is -0.413. The molecule has 0 N–H and O–H groups in total. The highest BCUT2D eigenvalue weighted by Crippen LogP contribution is 2.34. The SMILES string of the molecule is CC(=O)c1ccc(OCCC(=O)OCc2csc(N(C(C)=O)c3c(C)cc(C)cc3C)n2)cc1. The second kappa shape index (κ2) is 11.1. The van der Waals surface area contributed by atoms with Crippen LogP contribution in [0, 0.1) is 20.8 Å². The summed E-state index contributed by atoms with van der Waals surface area (Å²) in [5.74, 6) is 0.00817. The lowest BCUT2D eigenvalue weighted by Crippen LogP contribution is -2.24. The van der Waals surface area contributed by atoms with E-state index in [0.717, 1.165) is 22.4 Å². The van der Waals surface area contributed by atoms with E-state index in [1.54, 1.807) is 34.5 Å². The zero-order valence-electron chi connectivity index (χ0n) is 20.0. The number of aryl methyl sites for hydroxylation is 3. The van der Waals surface area contributed by atoms with E-state index in [0.29, 0.717) is 22.1 Å². The fraction of sp³-hybridized carbons (Fsp3) is 0.308. The predicted molar refractivity (Wildman–Crippen MR) is 132 cm³/mol. The number of Topliss-reactive ketones (excluding diaryl/α,β-unsaturated/α-hetero) is 1. The first kappa shape index (κ1) is 25.1. The maximum absolute atomic E-state index is 12.5. The van der Waals surface area contributed by atoms with Crippen molar-refractivity contribution in [2.24, 2.45) is 0 Å². The predicted octanol–water partition coefficient (Wildman–Crippen LogP) is 5.47. The summed E-state index contributed by atoms with van der Waals surface area (Å²) >= 11 is 1.33. The number of carbonyl (C=O) groups is 3. The Morgan fingerprint density at radius 2 is 1.65 bits per heavy atom. The number of amides is 1. The van der Waals surface area contributed by atoms with Crippen LogP contribution in [0.25, 0.3) is 0 Å². The molecule has 1 heterocycles. The maximum atomic E-state index is 12.5. The summed E-state index contributed by atoms with van der Waals surface area (Å²) < 4.78 is 10.9. The first-order chi connectivity index (χ1) is 16.2. The van der Waals surface area contributed by atoms with Crippen molar-refractivity contribution in [3.8, 4) is 5.75 Å². The van der Waals surface area contributed by atoms with Crippen LogP contribution in [0.3, 0.4) is 0 Å². The van der Waals surface area contributed by atoms with Gasteiger partial charge in [0.15, 0.2) is 10.9 Å². The lowest BCUT2D eigenvalue weighted by molar-refractivity contribution is -0.145. The Bertz CT molecular complexity index is 1180. The number of thiazole rings is 1. The summed E-state index contributed by atoms with van der Waals surface area (Å²) in [6.45, 7) is 9.15. The summed E-state index contributed by atoms with van der Waals surface area (Å²) in [4.78, 5) is 42.0. The molecule has 1 amide bonds. The van der Waals surface area contributed by atoms with Crippen molar-refractivity contribution in [1.29, 1.82) is 0 Å². The van der Waals surface area contributed by atoms with Crippen LogP contribution in [-0.4, -0.2) is 29.3 Å². The molecule has 0 bridgehead atoms. The standard InChI is InChI=1S/C26H28N2O5S/c1-16-12-17(2)25(18(3)13-16)28(20(5)30)26-27-22(15-34-26)14-33-24(31)10-11-32-23-8-6-21(7-9-23)19(4)29/h6-9,12-13,15H,10-11,14H2,1-5H3. The molecule has 0 spiro atoms. The number of ketones is 1. The highest BCUT2D eigenvalue weighted by atomic mass is 32.1. The van der Waals surface area contributed by atoms with Crippen molar-refractivity contribution in [1.82, 2.24) is 4.98 Å². The molecule has 0 aliphatic heterocycles. The van der Waals surface area contributed by atoms with Gasteiger partial charge in [-0.1, -0.05) is 17.7 Å². The zero-order valence-corrected chi connectivity index (χ0v) is 20.8.